The zero-order valence-corrected chi connectivity index (χ0v) is 13.4. The number of aliphatic hydroxyl groups excluding tert-OH is 5. The fourth-order valence-electron chi connectivity index (χ4n) is 2.75. The van der Waals surface area contributed by atoms with Crippen LogP contribution in [0, 0.1) is 0 Å². The fraction of sp³-hybridized carbons (Fsp3) is 0.929. The summed E-state index contributed by atoms with van der Waals surface area (Å²) in [6.45, 7) is 2.18. The molecule has 10 nitrogen and oxygen atoms in total. The summed E-state index contributed by atoms with van der Waals surface area (Å²) >= 11 is 0. The lowest BCUT2D eigenvalue weighted by Gasteiger charge is -2.44. The molecular formula is C14H24O10. The van der Waals surface area contributed by atoms with E-state index in [9.17, 15) is 25.2 Å². The Kier molecular flexibility index (Phi) is 6.51. The topological polar surface area (TPSA) is 155 Å². The van der Waals surface area contributed by atoms with Crippen LogP contribution >= 0.6 is 0 Å². The van der Waals surface area contributed by atoms with E-state index in [0.29, 0.717) is 0 Å². The highest BCUT2D eigenvalue weighted by Gasteiger charge is 2.48. The van der Waals surface area contributed by atoms with Crippen LogP contribution in [0.3, 0.4) is 0 Å². The minimum Gasteiger partial charge on any atom is -0.457 e. The SMILES string of the molecule is CC(=O)O[C@@H]1C[C@@H](O)[C@@H](C)O[C@@H]1O[C@@H]1[C@H](O)[C@@H](O)O[C@H](CO)[C@H]1O. The van der Waals surface area contributed by atoms with Gasteiger partial charge in [-0.05, 0) is 6.92 Å². The first-order chi connectivity index (χ1) is 11.2. The van der Waals surface area contributed by atoms with Crippen LogP contribution < -0.4 is 0 Å². The van der Waals surface area contributed by atoms with Gasteiger partial charge in [-0.1, -0.05) is 0 Å². The number of hydrogen-bond donors (Lipinski definition) is 5. The average molecular weight is 352 g/mol. The molecule has 5 N–H and O–H groups in total. The number of hydrogen-bond acceptors (Lipinski definition) is 10. The van der Waals surface area contributed by atoms with Crippen LogP contribution in [0.25, 0.3) is 0 Å². The summed E-state index contributed by atoms with van der Waals surface area (Å²) in [4.78, 5) is 11.2. The van der Waals surface area contributed by atoms with E-state index in [1.807, 2.05) is 0 Å². The maximum absolute atomic E-state index is 11.2. The number of carbonyl (C=O) groups excluding carboxylic acids is 1. The Bertz CT molecular complexity index is 432. The lowest BCUT2D eigenvalue weighted by atomic mass is 9.98. The molecule has 0 spiro atoms. The van der Waals surface area contributed by atoms with E-state index in [-0.39, 0.29) is 6.42 Å². The minimum atomic E-state index is -1.67. The van der Waals surface area contributed by atoms with Crippen LogP contribution in [0.5, 0.6) is 0 Å². The van der Waals surface area contributed by atoms with Crippen molar-refractivity contribution in [2.45, 2.75) is 75.6 Å². The van der Waals surface area contributed by atoms with E-state index in [1.165, 1.54) is 6.92 Å². The number of ether oxygens (including phenoxy) is 4. The molecule has 10 heteroatoms. The van der Waals surface area contributed by atoms with Gasteiger partial charge in [0.15, 0.2) is 18.7 Å². The van der Waals surface area contributed by atoms with Gasteiger partial charge < -0.3 is 44.5 Å². The maximum atomic E-state index is 11.2. The molecule has 2 heterocycles. The largest absolute Gasteiger partial charge is 0.457 e. The smallest absolute Gasteiger partial charge is 0.303 e. The molecule has 0 bridgehead atoms. The summed E-state index contributed by atoms with van der Waals surface area (Å²) in [6.07, 6.45) is -10.8. The van der Waals surface area contributed by atoms with E-state index in [1.54, 1.807) is 6.92 Å². The van der Waals surface area contributed by atoms with E-state index < -0.39 is 67.9 Å². The molecule has 0 aromatic heterocycles. The normalized spacial score (nSPS) is 46.5. The quantitative estimate of drug-likeness (QED) is 0.336. The van der Waals surface area contributed by atoms with Crippen molar-refractivity contribution in [2.75, 3.05) is 6.61 Å². The van der Waals surface area contributed by atoms with Crippen LogP contribution in [0.15, 0.2) is 0 Å². The standard InChI is InChI=1S/C14H24O10/c1-5-7(17)3-8(22-6(2)16)14(21-5)24-12-10(18)9(4-15)23-13(20)11(12)19/h5,7-15,17-20H,3-4H2,1-2H3/t5-,7-,8-,9-,10-,11+,12+,13+,14-/m1/s1. The predicted molar refractivity (Wildman–Crippen MR) is 75.4 cm³/mol. The highest BCUT2D eigenvalue weighted by Crippen LogP contribution is 2.29. The first-order valence-corrected chi connectivity index (χ1v) is 7.71. The molecular weight excluding hydrogens is 328 g/mol. The monoisotopic (exact) mass is 352 g/mol. The highest BCUT2D eigenvalue weighted by atomic mass is 16.7. The number of aliphatic hydroxyl groups is 5. The Morgan fingerprint density at radius 3 is 2.42 bits per heavy atom. The Morgan fingerprint density at radius 1 is 1.17 bits per heavy atom. The van der Waals surface area contributed by atoms with Gasteiger partial charge in [-0.2, -0.15) is 0 Å². The summed E-state index contributed by atoms with van der Waals surface area (Å²) in [5, 5.41) is 48.8. The number of esters is 1. The molecule has 2 aliphatic rings. The molecule has 0 saturated carbocycles. The van der Waals surface area contributed by atoms with Gasteiger partial charge in [0.05, 0.1) is 18.8 Å². The minimum absolute atomic E-state index is 0.0484. The van der Waals surface area contributed by atoms with Gasteiger partial charge in [0.25, 0.3) is 0 Å². The summed E-state index contributed by atoms with van der Waals surface area (Å²) in [6, 6.07) is 0. The molecule has 24 heavy (non-hydrogen) atoms. The third-order valence-corrected chi connectivity index (χ3v) is 4.12. The van der Waals surface area contributed by atoms with Crippen molar-refractivity contribution in [1.82, 2.24) is 0 Å². The molecule has 0 aromatic rings. The van der Waals surface area contributed by atoms with Gasteiger partial charge in [-0.15, -0.1) is 0 Å². The summed E-state index contributed by atoms with van der Waals surface area (Å²) in [7, 11) is 0. The van der Waals surface area contributed by atoms with Gasteiger partial charge in [0.1, 0.15) is 24.4 Å². The zero-order chi connectivity index (χ0) is 18.0. The lowest BCUT2D eigenvalue weighted by Crippen LogP contribution is -2.62. The predicted octanol–water partition coefficient (Wildman–Crippen LogP) is -2.77. The molecule has 140 valence electrons. The summed E-state index contributed by atoms with van der Waals surface area (Å²) in [5.41, 5.74) is 0. The Balaban J connectivity index is 2.13. The van der Waals surface area contributed by atoms with Crippen LogP contribution in [0.2, 0.25) is 0 Å². The second-order valence-corrected chi connectivity index (χ2v) is 5.99. The van der Waals surface area contributed by atoms with E-state index >= 15 is 0 Å². The Labute approximate surface area is 138 Å². The fourth-order valence-corrected chi connectivity index (χ4v) is 2.75. The Morgan fingerprint density at radius 2 is 1.83 bits per heavy atom. The Hall–Kier alpha value is -0.850. The van der Waals surface area contributed by atoms with Crippen molar-refractivity contribution in [3.05, 3.63) is 0 Å². The van der Waals surface area contributed by atoms with Gasteiger partial charge in [-0.25, -0.2) is 0 Å². The van der Waals surface area contributed by atoms with Gasteiger partial charge in [0.2, 0.25) is 0 Å². The second kappa shape index (κ2) is 8.02. The molecule has 0 radical (unpaired) electrons. The molecule has 2 aliphatic heterocycles. The van der Waals surface area contributed by atoms with Crippen LogP contribution in [-0.4, -0.2) is 93.4 Å². The van der Waals surface area contributed by atoms with Gasteiger partial charge in [-0.3, -0.25) is 4.79 Å². The maximum Gasteiger partial charge on any atom is 0.303 e. The highest BCUT2D eigenvalue weighted by molar-refractivity contribution is 5.66. The van der Waals surface area contributed by atoms with Crippen molar-refractivity contribution in [2.24, 2.45) is 0 Å². The number of carbonyl (C=O) groups is 1. The van der Waals surface area contributed by atoms with Gasteiger partial charge in [0, 0.05) is 13.3 Å². The molecule has 2 fully saturated rings. The van der Waals surface area contributed by atoms with E-state index in [0.717, 1.165) is 0 Å². The third kappa shape index (κ3) is 4.21. The third-order valence-electron chi connectivity index (χ3n) is 4.12. The van der Waals surface area contributed by atoms with E-state index in [4.69, 9.17) is 24.1 Å². The average Bonchev–Trinajstić information content (AvgIpc) is 2.51. The first kappa shape index (κ1) is 19.5. The zero-order valence-electron chi connectivity index (χ0n) is 13.4. The van der Waals surface area contributed by atoms with Crippen LogP contribution in [-0.2, 0) is 23.7 Å². The molecule has 0 amide bonds. The second-order valence-electron chi connectivity index (χ2n) is 5.99. The van der Waals surface area contributed by atoms with Crippen molar-refractivity contribution < 1.29 is 49.3 Å². The lowest BCUT2D eigenvalue weighted by molar-refractivity contribution is -0.342. The van der Waals surface area contributed by atoms with Crippen molar-refractivity contribution in [3.63, 3.8) is 0 Å². The molecule has 9 atom stereocenters. The molecule has 0 unspecified atom stereocenters. The summed E-state index contributed by atoms with van der Waals surface area (Å²) < 4.78 is 20.9. The molecule has 0 aromatic carbocycles. The first-order valence-electron chi connectivity index (χ1n) is 7.71. The number of rotatable bonds is 4. The molecule has 0 aliphatic carbocycles. The van der Waals surface area contributed by atoms with Gasteiger partial charge >= 0.3 is 5.97 Å². The van der Waals surface area contributed by atoms with Crippen molar-refractivity contribution in [3.8, 4) is 0 Å². The van der Waals surface area contributed by atoms with Crippen molar-refractivity contribution >= 4 is 5.97 Å². The van der Waals surface area contributed by atoms with Crippen molar-refractivity contribution in [1.29, 1.82) is 0 Å². The molecule has 2 rings (SSSR count). The molecule has 2 saturated heterocycles. The van der Waals surface area contributed by atoms with Crippen LogP contribution in [0.4, 0.5) is 0 Å². The van der Waals surface area contributed by atoms with Crippen LogP contribution in [0.1, 0.15) is 20.3 Å². The van der Waals surface area contributed by atoms with E-state index in [2.05, 4.69) is 0 Å². The summed E-state index contributed by atoms with van der Waals surface area (Å²) in [5.74, 6) is -0.611.